The van der Waals surface area contributed by atoms with Gasteiger partial charge in [-0.25, -0.2) is 0 Å². The molecule has 0 saturated carbocycles. The predicted molar refractivity (Wildman–Crippen MR) is 127 cm³/mol. The third-order valence-corrected chi connectivity index (χ3v) is 5.81. The topological polar surface area (TPSA) is 92.9 Å². The summed E-state index contributed by atoms with van der Waals surface area (Å²) in [5.74, 6) is -0.418. The van der Waals surface area contributed by atoms with E-state index in [0.29, 0.717) is 29.2 Å². The highest BCUT2D eigenvalue weighted by Crippen LogP contribution is 2.42. The lowest BCUT2D eigenvalue weighted by Gasteiger charge is -2.23. The Hall–Kier alpha value is -3.14. The number of amides is 1. The molecule has 1 aliphatic heterocycles. The number of benzene rings is 2. The first-order chi connectivity index (χ1) is 15.4. The summed E-state index contributed by atoms with van der Waals surface area (Å²) in [7, 11) is 0. The first kappa shape index (κ1) is 22.1. The minimum Gasteiger partial charge on any atom is -0.507 e. The Labute approximate surface area is 198 Å². The molecule has 7 nitrogen and oxygen atoms in total. The molecule has 2 heterocycles. The van der Waals surface area contributed by atoms with Gasteiger partial charge in [-0.3, -0.25) is 14.5 Å². The van der Waals surface area contributed by atoms with Gasteiger partial charge in [0.1, 0.15) is 17.3 Å². The molecule has 0 bridgehead atoms. The SMILES string of the molecule is CCCOc1ccc(/C(O)=C2\C(=O)C(=O)N(c3cc(C)on3)C2c2ccc(I)cc2)cc1. The minimum absolute atomic E-state index is 0.000845. The van der Waals surface area contributed by atoms with Crippen LogP contribution in [0, 0.1) is 10.5 Å². The highest BCUT2D eigenvalue weighted by Gasteiger charge is 2.48. The molecule has 1 atom stereocenters. The van der Waals surface area contributed by atoms with Gasteiger partial charge in [0.05, 0.1) is 18.2 Å². The second-order valence-corrected chi connectivity index (χ2v) is 8.63. The fourth-order valence-corrected chi connectivity index (χ4v) is 3.94. The van der Waals surface area contributed by atoms with Gasteiger partial charge in [-0.2, -0.15) is 0 Å². The number of hydrogen-bond acceptors (Lipinski definition) is 6. The maximum Gasteiger partial charge on any atom is 0.301 e. The number of ether oxygens (including phenoxy) is 1. The number of rotatable bonds is 6. The van der Waals surface area contributed by atoms with Crippen LogP contribution in [0.25, 0.3) is 5.76 Å². The van der Waals surface area contributed by atoms with E-state index in [-0.39, 0.29) is 17.2 Å². The molecule has 1 amide bonds. The summed E-state index contributed by atoms with van der Waals surface area (Å²) < 4.78 is 11.7. The van der Waals surface area contributed by atoms with Crippen LogP contribution in [-0.2, 0) is 9.59 Å². The van der Waals surface area contributed by atoms with Gasteiger partial charge in [0, 0.05) is 15.2 Å². The molecular formula is C24H21IN2O5. The molecule has 1 saturated heterocycles. The number of Topliss-reactive ketones (excluding diaryl/α,β-unsaturated/α-hetero) is 1. The monoisotopic (exact) mass is 544 g/mol. The summed E-state index contributed by atoms with van der Waals surface area (Å²) in [5, 5.41) is 15.1. The average molecular weight is 544 g/mol. The van der Waals surface area contributed by atoms with E-state index in [1.165, 1.54) is 4.90 Å². The van der Waals surface area contributed by atoms with Gasteiger partial charge >= 0.3 is 5.91 Å². The number of nitrogens with zero attached hydrogens (tertiary/aromatic N) is 2. The molecule has 1 aliphatic rings. The molecule has 32 heavy (non-hydrogen) atoms. The van der Waals surface area contributed by atoms with Crippen LogP contribution >= 0.6 is 22.6 Å². The zero-order valence-corrected chi connectivity index (χ0v) is 19.7. The zero-order chi connectivity index (χ0) is 22.8. The van der Waals surface area contributed by atoms with Gasteiger partial charge in [0.25, 0.3) is 5.78 Å². The summed E-state index contributed by atoms with van der Waals surface area (Å²) in [6.45, 7) is 4.30. The number of halogens is 1. The van der Waals surface area contributed by atoms with E-state index >= 15 is 0 Å². The maximum absolute atomic E-state index is 13.1. The van der Waals surface area contributed by atoms with Crippen molar-refractivity contribution in [2.45, 2.75) is 26.3 Å². The van der Waals surface area contributed by atoms with E-state index in [2.05, 4.69) is 27.7 Å². The van der Waals surface area contributed by atoms with Gasteiger partial charge in [-0.05, 0) is 77.9 Å². The van der Waals surface area contributed by atoms with E-state index in [4.69, 9.17) is 9.26 Å². The third-order valence-electron chi connectivity index (χ3n) is 5.09. The molecule has 2 aromatic carbocycles. The fourth-order valence-electron chi connectivity index (χ4n) is 3.58. The normalized spacial score (nSPS) is 17.7. The molecule has 4 rings (SSSR count). The van der Waals surface area contributed by atoms with Gasteiger partial charge in [-0.15, -0.1) is 0 Å². The lowest BCUT2D eigenvalue weighted by atomic mass is 9.95. The van der Waals surface area contributed by atoms with Crippen molar-refractivity contribution in [2.75, 3.05) is 11.5 Å². The van der Waals surface area contributed by atoms with E-state index in [1.54, 1.807) is 37.3 Å². The summed E-state index contributed by atoms with van der Waals surface area (Å²) in [5.41, 5.74) is 1.09. The van der Waals surface area contributed by atoms with Crippen molar-refractivity contribution in [3.05, 3.63) is 80.6 Å². The average Bonchev–Trinajstić information content (AvgIpc) is 3.33. The Morgan fingerprint density at radius 3 is 2.44 bits per heavy atom. The Balaban J connectivity index is 1.83. The maximum atomic E-state index is 13.1. The second-order valence-electron chi connectivity index (χ2n) is 7.39. The number of aromatic nitrogens is 1. The van der Waals surface area contributed by atoms with Gasteiger partial charge < -0.3 is 14.4 Å². The van der Waals surface area contributed by atoms with Crippen molar-refractivity contribution >= 4 is 45.9 Å². The van der Waals surface area contributed by atoms with Crippen LogP contribution < -0.4 is 9.64 Å². The van der Waals surface area contributed by atoms with Crippen molar-refractivity contribution in [1.82, 2.24) is 5.16 Å². The van der Waals surface area contributed by atoms with Crippen molar-refractivity contribution in [3.63, 3.8) is 0 Å². The quantitative estimate of drug-likeness (QED) is 0.203. The smallest absolute Gasteiger partial charge is 0.301 e. The molecule has 164 valence electrons. The Morgan fingerprint density at radius 2 is 1.84 bits per heavy atom. The van der Waals surface area contributed by atoms with Crippen LogP contribution in [0.2, 0.25) is 0 Å². The molecule has 1 N–H and O–H groups in total. The van der Waals surface area contributed by atoms with E-state index < -0.39 is 17.7 Å². The molecule has 1 aromatic heterocycles. The van der Waals surface area contributed by atoms with Gasteiger partial charge in [-0.1, -0.05) is 24.2 Å². The number of aliphatic hydroxyl groups is 1. The zero-order valence-electron chi connectivity index (χ0n) is 17.5. The lowest BCUT2D eigenvalue weighted by molar-refractivity contribution is -0.132. The Morgan fingerprint density at radius 1 is 1.16 bits per heavy atom. The standard InChI is InChI=1S/C24H21IN2O5/c1-3-12-31-18-10-6-16(7-11-18)22(28)20-21(15-4-8-17(25)9-5-15)27(24(30)23(20)29)19-13-14(2)32-26-19/h4-11,13,21,28H,3,12H2,1-2H3/b22-20+. The predicted octanol–water partition coefficient (Wildman–Crippen LogP) is 5.00. The van der Waals surface area contributed by atoms with Crippen molar-refractivity contribution in [3.8, 4) is 5.75 Å². The van der Waals surface area contributed by atoms with Gasteiger partial charge in [0.15, 0.2) is 5.82 Å². The first-order valence-corrected chi connectivity index (χ1v) is 11.2. The summed E-state index contributed by atoms with van der Waals surface area (Å²) >= 11 is 2.18. The lowest BCUT2D eigenvalue weighted by Crippen LogP contribution is -2.29. The van der Waals surface area contributed by atoms with Crippen molar-refractivity contribution < 1.29 is 24.0 Å². The molecule has 8 heteroatoms. The summed E-state index contributed by atoms with van der Waals surface area (Å²) in [4.78, 5) is 27.4. The largest absolute Gasteiger partial charge is 0.507 e. The molecule has 0 spiro atoms. The van der Waals surface area contributed by atoms with E-state index in [9.17, 15) is 14.7 Å². The number of carbonyl (C=O) groups excluding carboxylic acids is 2. The van der Waals surface area contributed by atoms with Crippen LogP contribution in [0.15, 0.2) is 64.7 Å². The molecule has 1 unspecified atom stereocenters. The van der Waals surface area contributed by atoms with Crippen molar-refractivity contribution in [1.29, 1.82) is 0 Å². The molecule has 3 aromatic rings. The molecule has 0 radical (unpaired) electrons. The Bertz CT molecular complexity index is 1180. The van der Waals surface area contributed by atoms with E-state index in [1.807, 2.05) is 31.2 Å². The number of ketones is 1. The van der Waals surface area contributed by atoms with Crippen LogP contribution in [0.4, 0.5) is 5.82 Å². The second kappa shape index (κ2) is 9.15. The molecule has 1 fully saturated rings. The third kappa shape index (κ3) is 4.14. The van der Waals surface area contributed by atoms with Crippen LogP contribution in [0.3, 0.4) is 0 Å². The van der Waals surface area contributed by atoms with Crippen LogP contribution in [0.1, 0.15) is 36.3 Å². The molecular weight excluding hydrogens is 523 g/mol. The number of anilines is 1. The van der Waals surface area contributed by atoms with Crippen molar-refractivity contribution in [2.24, 2.45) is 0 Å². The van der Waals surface area contributed by atoms with E-state index in [0.717, 1.165) is 9.99 Å². The number of aliphatic hydroxyl groups excluding tert-OH is 1. The highest BCUT2D eigenvalue weighted by atomic mass is 127. The Kier molecular flexibility index (Phi) is 6.31. The first-order valence-electron chi connectivity index (χ1n) is 10.1. The minimum atomic E-state index is -0.840. The summed E-state index contributed by atoms with van der Waals surface area (Å²) in [6.07, 6.45) is 0.878. The number of aryl methyl sites for hydroxylation is 1. The molecule has 0 aliphatic carbocycles. The van der Waals surface area contributed by atoms with Crippen LogP contribution in [-0.4, -0.2) is 28.6 Å². The van der Waals surface area contributed by atoms with Gasteiger partial charge in [0.2, 0.25) is 0 Å². The summed E-state index contributed by atoms with van der Waals surface area (Å²) in [6, 6.07) is 14.9. The number of carbonyl (C=O) groups is 2. The number of hydrogen-bond donors (Lipinski definition) is 1. The van der Waals surface area contributed by atoms with Crippen LogP contribution in [0.5, 0.6) is 5.75 Å². The highest BCUT2D eigenvalue weighted by molar-refractivity contribution is 14.1. The fraction of sp³-hybridized carbons (Fsp3) is 0.208.